The van der Waals surface area contributed by atoms with Crippen LogP contribution in [0.5, 0.6) is 0 Å². The quantitative estimate of drug-likeness (QED) is 0.901. The Kier molecular flexibility index (Phi) is 4.46. The van der Waals surface area contributed by atoms with Gasteiger partial charge in [-0.3, -0.25) is 4.98 Å². The Bertz CT molecular complexity index is 541. The second-order valence-electron chi connectivity index (χ2n) is 4.19. The van der Waals surface area contributed by atoms with Crippen molar-refractivity contribution in [2.75, 3.05) is 0 Å². The first-order valence-corrected chi connectivity index (χ1v) is 6.88. The molecule has 0 aromatic carbocycles. The van der Waals surface area contributed by atoms with E-state index < -0.39 is 0 Å². The van der Waals surface area contributed by atoms with Crippen LogP contribution < -0.4 is 10.6 Å². The van der Waals surface area contributed by atoms with Crippen molar-refractivity contribution in [3.8, 4) is 0 Å². The highest BCUT2D eigenvalue weighted by atomic mass is 32.1. The summed E-state index contributed by atoms with van der Waals surface area (Å²) >= 11 is 1.58. The molecule has 0 saturated carbocycles. The van der Waals surface area contributed by atoms with Crippen LogP contribution in [0.3, 0.4) is 0 Å². The molecule has 0 radical (unpaired) electrons. The minimum absolute atomic E-state index is 0.0779. The molecule has 2 amide bonds. The number of aromatic nitrogens is 2. The van der Waals surface area contributed by atoms with E-state index in [1.54, 1.807) is 23.7 Å². The van der Waals surface area contributed by atoms with Gasteiger partial charge in [-0.05, 0) is 25.5 Å². The summed E-state index contributed by atoms with van der Waals surface area (Å²) in [6.07, 6.45) is 3.45. The van der Waals surface area contributed by atoms with Crippen molar-refractivity contribution in [2.24, 2.45) is 0 Å². The number of hydrogen-bond acceptors (Lipinski definition) is 4. The molecule has 2 aromatic heterocycles. The SMILES string of the molecule is Cc1nc(CNC(=O)NC(C)c2cccnc2)cs1. The third-order valence-corrected chi connectivity index (χ3v) is 3.45. The van der Waals surface area contributed by atoms with E-state index in [0.29, 0.717) is 6.54 Å². The number of amides is 2. The summed E-state index contributed by atoms with van der Waals surface area (Å²) in [6.45, 7) is 4.30. The summed E-state index contributed by atoms with van der Waals surface area (Å²) in [4.78, 5) is 20.1. The maximum Gasteiger partial charge on any atom is 0.315 e. The number of thiazole rings is 1. The first-order chi connectivity index (χ1) is 9.15. The molecule has 2 rings (SSSR count). The second-order valence-corrected chi connectivity index (χ2v) is 5.26. The highest BCUT2D eigenvalue weighted by Crippen LogP contribution is 2.10. The third-order valence-electron chi connectivity index (χ3n) is 2.63. The van der Waals surface area contributed by atoms with E-state index in [0.717, 1.165) is 16.3 Å². The van der Waals surface area contributed by atoms with Gasteiger partial charge in [0, 0.05) is 17.8 Å². The van der Waals surface area contributed by atoms with Crippen molar-refractivity contribution in [1.29, 1.82) is 0 Å². The fourth-order valence-corrected chi connectivity index (χ4v) is 2.24. The van der Waals surface area contributed by atoms with Gasteiger partial charge in [-0.1, -0.05) is 6.07 Å². The molecule has 0 aliphatic rings. The van der Waals surface area contributed by atoms with Crippen LogP contribution in [0, 0.1) is 6.92 Å². The van der Waals surface area contributed by atoms with Crippen LogP contribution in [0.25, 0.3) is 0 Å². The molecule has 2 heterocycles. The molecule has 0 fully saturated rings. The standard InChI is InChI=1S/C13H16N4OS/c1-9(11-4-3-5-14-6-11)16-13(18)15-7-12-8-19-10(2)17-12/h3-6,8-9H,7H2,1-2H3,(H2,15,16,18). The van der Waals surface area contributed by atoms with E-state index in [4.69, 9.17) is 0 Å². The number of nitrogens with one attached hydrogen (secondary N) is 2. The van der Waals surface area contributed by atoms with Crippen molar-refractivity contribution in [3.63, 3.8) is 0 Å². The maximum absolute atomic E-state index is 11.7. The Morgan fingerprint density at radius 3 is 3.00 bits per heavy atom. The van der Waals surface area contributed by atoms with E-state index in [1.807, 2.05) is 31.4 Å². The van der Waals surface area contributed by atoms with E-state index >= 15 is 0 Å². The second kappa shape index (κ2) is 6.29. The minimum Gasteiger partial charge on any atom is -0.332 e. The molecule has 0 spiro atoms. The van der Waals surface area contributed by atoms with Gasteiger partial charge in [0.2, 0.25) is 0 Å². The zero-order valence-corrected chi connectivity index (χ0v) is 11.7. The van der Waals surface area contributed by atoms with Crippen molar-refractivity contribution in [3.05, 3.63) is 46.2 Å². The minimum atomic E-state index is -0.206. The van der Waals surface area contributed by atoms with E-state index in [9.17, 15) is 4.79 Å². The maximum atomic E-state index is 11.7. The normalized spacial score (nSPS) is 11.9. The zero-order chi connectivity index (χ0) is 13.7. The average molecular weight is 276 g/mol. The molecule has 6 heteroatoms. The van der Waals surface area contributed by atoms with E-state index in [1.165, 1.54) is 0 Å². The molecule has 1 unspecified atom stereocenters. The lowest BCUT2D eigenvalue weighted by atomic mass is 10.1. The highest BCUT2D eigenvalue weighted by molar-refractivity contribution is 7.09. The Morgan fingerprint density at radius 1 is 1.53 bits per heavy atom. The van der Waals surface area contributed by atoms with Gasteiger partial charge in [-0.2, -0.15) is 0 Å². The van der Waals surface area contributed by atoms with Gasteiger partial charge < -0.3 is 10.6 Å². The predicted octanol–water partition coefficient (Wildman–Crippen LogP) is 2.41. The monoisotopic (exact) mass is 276 g/mol. The van der Waals surface area contributed by atoms with Crippen LogP contribution in [-0.2, 0) is 6.54 Å². The molecule has 0 aliphatic heterocycles. The van der Waals surface area contributed by atoms with Crippen molar-refractivity contribution < 1.29 is 4.79 Å². The average Bonchev–Trinajstić information content (AvgIpc) is 2.83. The number of rotatable bonds is 4. The Balaban J connectivity index is 1.81. The molecule has 5 nitrogen and oxygen atoms in total. The lowest BCUT2D eigenvalue weighted by Gasteiger charge is -2.14. The summed E-state index contributed by atoms with van der Waals surface area (Å²) in [5, 5.41) is 8.59. The Morgan fingerprint density at radius 2 is 2.37 bits per heavy atom. The van der Waals surface area contributed by atoms with Gasteiger partial charge in [-0.15, -0.1) is 11.3 Å². The predicted molar refractivity (Wildman–Crippen MR) is 74.9 cm³/mol. The first kappa shape index (κ1) is 13.5. The van der Waals surface area contributed by atoms with Gasteiger partial charge in [0.05, 0.1) is 23.3 Å². The number of nitrogens with zero attached hydrogens (tertiary/aromatic N) is 2. The molecule has 100 valence electrons. The largest absolute Gasteiger partial charge is 0.332 e. The number of carbonyl (C=O) groups excluding carboxylic acids is 1. The van der Waals surface area contributed by atoms with Gasteiger partial charge in [0.15, 0.2) is 0 Å². The van der Waals surface area contributed by atoms with Crippen LogP contribution in [-0.4, -0.2) is 16.0 Å². The van der Waals surface area contributed by atoms with Crippen LogP contribution >= 0.6 is 11.3 Å². The van der Waals surface area contributed by atoms with Crippen LogP contribution in [0.15, 0.2) is 29.9 Å². The zero-order valence-electron chi connectivity index (χ0n) is 10.9. The topological polar surface area (TPSA) is 66.9 Å². The van der Waals surface area contributed by atoms with Gasteiger partial charge >= 0.3 is 6.03 Å². The molecule has 0 saturated heterocycles. The fraction of sp³-hybridized carbons (Fsp3) is 0.308. The number of pyridine rings is 1. The van der Waals surface area contributed by atoms with Crippen LogP contribution in [0.1, 0.15) is 29.2 Å². The Labute approximate surface area is 116 Å². The highest BCUT2D eigenvalue weighted by Gasteiger charge is 2.09. The summed E-state index contributed by atoms with van der Waals surface area (Å²) < 4.78 is 0. The Hall–Kier alpha value is -1.95. The fourth-order valence-electron chi connectivity index (χ4n) is 1.62. The molecule has 19 heavy (non-hydrogen) atoms. The number of aryl methyl sites for hydroxylation is 1. The number of hydrogen-bond donors (Lipinski definition) is 2. The van der Waals surface area contributed by atoms with Crippen molar-refractivity contribution in [1.82, 2.24) is 20.6 Å². The number of carbonyl (C=O) groups is 1. The first-order valence-electron chi connectivity index (χ1n) is 6.00. The summed E-state index contributed by atoms with van der Waals surface area (Å²) in [7, 11) is 0. The smallest absolute Gasteiger partial charge is 0.315 e. The van der Waals surface area contributed by atoms with Gasteiger partial charge in [0.25, 0.3) is 0 Å². The van der Waals surface area contributed by atoms with Gasteiger partial charge in [-0.25, -0.2) is 9.78 Å². The molecule has 2 N–H and O–H groups in total. The third kappa shape index (κ3) is 4.03. The van der Waals surface area contributed by atoms with E-state index in [-0.39, 0.29) is 12.1 Å². The molecule has 2 aromatic rings. The lowest BCUT2D eigenvalue weighted by molar-refractivity contribution is 0.237. The van der Waals surface area contributed by atoms with Crippen LogP contribution in [0.4, 0.5) is 4.79 Å². The van der Waals surface area contributed by atoms with Gasteiger partial charge in [0.1, 0.15) is 0 Å². The van der Waals surface area contributed by atoms with Crippen LogP contribution in [0.2, 0.25) is 0 Å². The summed E-state index contributed by atoms with van der Waals surface area (Å²) in [5.41, 5.74) is 1.86. The molecule has 0 aliphatic carbocycles. The van der Waals surface area contributed by atoms with Crippen molar-refractivity contribution in [2.45, 2.75) is 26.4 Å². The molecule has 1 atom stereocenters. The van der Waals surface area contributed by atoms with Crippen molar-refractivity contribution >= 4 is 17.4 Å². The lowest BCUT2D eigenvalue weighted by Crippen LogP contribution is -2.36. The van der Waals surface area contributed by atoms with E-state index in [2.05, 4.69) is 20.6 Å². The molecular weight excluding hydrogens is 260 g/mol. The number of urea groups is 1. The molecular formula is C13H16N4OS. The summed E-state index contributed by atoms with van der Waals surface area (Å²) in [5.74, 6) is 0. The summed E-state index contributed by atoms with van der Waals surface area (Å²) in [6, 6.07) is 3.50. The molecule has 0 bridgehead atoms.